The number of carboxylic acid groups (broad SMARTS) is 1. The van der Waals surface area contributed by atoms with Crippen molar-refractivity contribution in [2.75, 3.05) is 25.2 Å². The van der Waals surface area contributed by atoms with Crippen LogP contribution in [0.5, 0.6) is 0 Å². The third-order valence-corrected chi connectivity index (χ3v) is 10.0. The highest BCUT2D eigenvalue weighted by Crippen LogP contribution is 2.12. The van der Waals surface area contributed by atoms with Crippen LogP contribution in [0.2, 0.25) is 0 Å². The molecular weight excluding hydrogens is 755 g/mol. The van der Waals surface area contributed by atoms with E-state index in [0.717, 1.165) is 0 Å². The number of aliphatic carboxylic acids is 1. The van der Waals surface area contributed by atoms with E-state index >= 15 is 0 Å². The Kier molecular flexibility index (Phi) is 22.7. The van der Waals surface area contributed by atoms with Gasteiger partial charge >= 0.3 is 5.97 Å². The number of nitrogens with one attached hydrogen (secondary N) is 7. The molecule has 56 heavy (non-hydrogen) atoms. The SMILES string of the molecule is CC[C@H](C)[C@H](NC(=O)[C@@H](NC(=O)C1CCCCNC(=O)CCC(N[C@@H](CCC(=O)O)C(N)=O)C(=O)N[C@@H](CCSC)C(=O)N[C@@H](CO)C(=O)N1)C(C)C)C(N)=O. The number of carbonyl (C=O) groups excluding carboxylic acids is 8. The Morgan fingerprint density at radius 2 is 1.52 bits per heavy atom. The fraction of sp³-hybridized carbons (Fsp3) is 0.743. The number of hydrogen-bond donors (Lipinski definition) is 11. The molecular formula is C35H61N9O11S. The molecule has 8 amide bonds. The number of aliphatic hydroxyl groups is 1. The van der Waals surface area contributed by atoms with Crippen molar-refractivity contribution >= 4 is 65.0 Å². The predicted octanol–water partition coefficient (Wildman–Crippen LogP) is -2.90. The highest BCUT2D eigenvalue weighted by molar-refractivity contribution is 7.98. The van der Waals surface area contributed by atoms with E-state index < -0.39 is 114 Å². The van der Waals surface area contributed by atoms with E-state index in [2.05, 4.69) is 37.2 Å². The molecule has 2 unspecified atom stereocenters. The fourth-order valence-corrected chi connectivity index (χ4v) is 6.19. The highest BCUT2D eigenvalue weighted by atomic mass is 32.2. The zero-order valence-electron chi connectivity index (χ0n) is 32.8. The first-order valence-corrected chi connectivity index (χ1v) is 20.2. The smallest absolute Gasteiger partial charge is 0.303 e. The maximum Gasteiger partial charge on any atom is 0.303 e. The molecule has 0 spiro atoms. The van der Waals surface area contributed by atoms with Crippen molar-refractivity contribution in [1.29, 1.82) is 0 Å². The average molecular weight is 816 g/mol. The van der Waals surface area contributed by atoms with Crippen LogP contribution >= 0.6 is 11.8 Å². The van der Waals surface area contributed by atoms with Crippen molar-refractivity contribution in [3.63, 3.8) is 0 Å². The van der Waals surface area contributed by atoms with Crippen molar-refractivity contribution in [1.82, 2.24) is 37.2 Å². The average Bonchev–Trinajstić information content (AvgIpc) is 3.13. The second-order valence-corrected chi connectivity index (χ2v) is 15.1. The van der Waals surface area contributed by atoms with Crippen molar-refractivity contribution in [2.45, 2.75) is 128 Å². The van der Waals surface area contributed by atoms with E-state index in [1.165, 1.54) is 11.8 Å². The minimum absolute atomic E-state index is 0.0198. The summed E-state index contributed by atoms with van der Waals surface area (Å²) in [5, 5.41) is 37.5. The third-order valence-electron chi connectivity index (χ3n) is 9.37. The van der Waals surface area contributed by atoms with Crippen LogP contribution in [0.3, 0.4) is 0 Å². The molecule has 1 rings (SSSR count). The summed E-state index contributed by atoms with van der Waals surface area (Å²) in [5.74, 6) is -7.74. The van der Waals surface area contributed by atoms with Crippen molar-refractivity contribution in [2.24, 2.45) is 23.3 Å². The molecule has 13 N–H and O–H groups in total. The van der Waals surface area contributed by atoms with Crippen LogP contribution in [0.1, 0.15) is 85.5 Å². The van der Waals surface area contributed by atoms with Crippen LogP contribution < -0.4 is 48.7 Å². The van der Waals surface area contributed by atoms with Crippen LogP contribution in [0.4, 0.5) is 0 Å². The summed E-state index contributed by atoms with van der Waals surface area (Å²) in [5.41, 5.74) is 11.0. The first-order chi connectivity index (χ1) is 26.4. The molecule has 1 heterocycles. The molecule has 1 aliphatic heterocycles. The van der Waals surface area contributed by atoms with E-state index in [1.807, 2.05) is 6.92 Å². The van der Waals surface area contributed by atoms with Gasteiger partial charge in [-0.1, -0.05) is 34.1 Å². The minimum atomic E-state index is -1.58. The minimum Gasteiger partial charge on any atom is -0.481 e. The van der Waals surface area contributed by atoms with Crippen LogP contribution in [0, 0.1) is 11.8 Å². The molecule has 1 saturated heterocycles. The Morgan fingerprint density at radius 1 is 0.875 bits per heavy atom. The fourth-order valence-electron chi connectivity index (χ4n) is 5.72. The molecule has 21 heteroatoms. The zero-order chi connectivity index (χ0) is 42.5. The lowest BCUT2D eigenvalue weighted by molar-refractivity contribution is -0.137. The number of hydrogen-bond acceptors (Lipinski definition) is 12. The summed E-state index contributed by atoms with van der Waals surface area (Å²) in [4.78, 5) is 116. The first-order valence-electron chi connectivity index (χ1n) is 18.8. The van der Waals surface area contributed by atoms with Gasteiger partial charge in [-0.15, -0.1) is 0 Å². The van der Waals surface area contributed by atoms with Crippen LogP contribution in [0.15, 0.2) is 0 Å². The van der Waals surface area contributed by atoms with Gasteiger partial charge in [0, 0.05) is 19.4 Å². The molecule has 0 bridgehead atoms. The number of rotatable bonds is 18. The van der Waals surface area contributed by atoms with E-state index in [0.29, 0.717) is 18.6 Å². The third kappa shape index (κ3) is 17.5. The Balaban J connectivity index is 3.40. The molecule has 0 aliphatic carbocycles. The van der Waals surface area contributed by atoms with Gasteiger partial charge in [-0.05, 0) is 62.4 Å². The summed E-state index contributed by atoms with van der Waals surface area (Å²) in [7, 11) is 0. The maximum absolute atomic E-state index is 13.7. The molecule has 1 aliphatic rings. The van der Waals surface area contributed by atoms with E-state index in [9.17, 15) is 48.3 Å². The maximum atomic E-state index is 13.7. The zero-order valence-corrected chi connectivity index (χ0v) is 33.6. The summed E-state index contributed by atoms with van der Waals surface area (Å²) < 4.78 is 0. The molecule has 0 saturated carbocycles. The van der Waals surface area contributed by atoms with Gasteiger partial charge in [0.1, 0.15) is 30.2 Å². The van der Waals surface area contributed by atoms with Gasteiger partial charge in [0.15, 0.2) is 0 Å². The second kappa shape index (κ2) is 25.6. The van der Waals surface area contributed by atoms with E-state index in [-0.39, 0.29) is 51.0 Å². The number of amides is 8. The highest BCUT2D eigenvalue weighted by Gasteiger charge is 2.35. The van der Waals surface area contributed by atoms with Crippen LogP contribution in [-0.4, -0.2) is 131 Å². The summed E-state index contributed by atoms with van der Waals surface area (Å²) >= 11 is 1.35. The number of nitrogens with two attached hydrogens (primary N) is 2. The van der Waals surface area contributed by atoms with E-state index in [4.69, 9.17) is 16.6 Å². The van der Waals surface area contributed by atoms with Gasteiger partial charge in [0.05, 0.1) is 18.7 Å². The lowest BCUT2D eigenvalue weighted by Crippen LogP contribution is -2.61. The van der Waals surface area contributed by atoms with Gasteiger partial charge in [0.25, 0.3) is 0 Å². The van der Waals surface area contributed by atoms with E-state index in [1.54, 1.807) is 27.0 Å². The summed E-state index contributed by atoms with van der Waals surface area (Å²) in [6, 6.07) is -8.77. The summed E-state index contributed by atoms with van der Waals surface area (Å²) in [6.07, 6.45) is 1.91. The van der Waals surface area contributed by atoms with Gasteiger partial charge < -0.3 is 53.6 Å². The number of thioether (sulfide) groups is 1. The standard InChI is InChI=1S/C35H61N9O11S/c1-6-19(4)28(30(37)50)44-35(55)27(18(2)3)43-33(53)21-9-7-8-15-38-25(46)12-10-22(39-20(29(36)49)11-13-26(47)48)31(51)41-23(14-16-56-5)32(52)42-24(17-45)34(54)40-21/h18-24,27-28,39,45H,6-17H2,1-5H3,(H2,36,49)(H2,37,50)(H,38,46)(H,40,54)(H,41,51)(H,42,52)(H,43,53)(H,44,55)(H,47,48)/t19-,20-,21?,22?,23-,24-,27-,28-/m0/s1. The molecule has 8 atom stereocenters. The second-order valence-electron chi connectivity index (χ2n) is 14.1. The number of carboxylic acids is 1. The molecule has 0 aromatic heterocycles. The first kappa shape index (κ1) is 49.5. The molecule has 318 valence electrons. The normalized spacial score (nSPS) is 22.7. The lowest BCUT2D eigenvalue weighted by Gasteiger charge is -2.29. The van der Waals surface area contributed by atoms with Gasteiger partial charge in [0.2, 0.25) is 47.3 Å². The topological polar surface area (TPSA) is 330 Å². The monoisotopic (exact) mass is 815 g/mol. The largest absolute Gasteiger partial charge is 0.481 e. The number of primary amides is 2. The Bertz CT molecular complexity index is 1390. The Labute approximate surface area is 331 Å². The van der Waals surface area contributed by atoms with Crippen molar-refractivity contribution in [3.8, 4) is 0 Å². The Hall–Kier alpha value is -4.50. The molecule has 1 fully saturated rings. The molecule has 0 radical (unpaired) electrons. The molecule has 20 nitrogen and oxygen atoms in total. The summed E-state index contributed by atoms with van der Waals surface area (Å²) in [6.45, 7) is 6.17. The van der Waals surface area contributed by atoms with Gasteiger partial charge in [-0.25, -0.2) is 0 Å². The number of aliphatic hydroxyl groups excluding tert-OH is 1. The molecule has 0 aromatic carbocycles. The van der Waals surface area contributed by atoms with Crippen LogP contribution in [0.25, 0.3) is 0 Å². The van der Waals surface area contributed by atoms with Gasteiger partial charge in [-0.2, -0.15) is 11.8 Å². The number of carbonyl (C=O) groups is 9. The lowest BCUT2D eigenvalue weighted by atomic mass is 9.96. The Morgan fingerprint density at radius 3 is 2.07 bits per heavy atom. The van der Waals surface area contributed by atoms with Gasteiger partial charge in [-0.3, -0.25) is 48.5 Å². The van der Waals surface area contributed by atoms with Crippen molar-refractivity contribution < 1.29 is 53.4 Å². The quantitative estimate of drug-likeness (QED) is 0.0663. The van der Waals surface area contributed by atoms with Crippen molar-refractivity contribution in [3.05, 3.63) is 0 Å². The predicted molar refractivity (Wildman–Crippen MR) is 206 cm³/mol. The molecule has 0 aromatic rings. The van der Waals surface area contributed by atoms with Crippen LogP contribution in [-0.2, 0) is 43.2 Å².